The number of aryl methyl sites for hydroxylation is 1. The van der Waals surface area contributed by atoms with Gasteiger partial charge in [0.2, 0.25) is 0 Å². The number of benzene rings is 1. The molecule has 0 aromatic heterocycles. The van der Waals surface area contributed by atoms with Gasteiger partial charge in [-0.25, -0.2) is 4.39 Å². The summed E-state index contributed by atoms with van der Waals surface area (Å²) >= 11 is 0. The zero-order valence-corrected chi connectivity index (χ0v) is 9.14. The summed E-state index contributed by atoms with van der Waals surface area (Å²) in [5.41, 5.74) is 1.71. The Morgan fingerprint density at radius 3 is 3.07 bits per heavy atom. The van der Waals surface area contributed by atoms with Gasteiger partial charge in [0, 0.05) is 18.0 Å². The van der Waals surface area contributed by atoms with E-state index in [1.165, 1.54) is 6.07 Å². The molecule has 0 amide bonds. The molecule has 0 saturated carbocycles. The van der Waals surface area contributed by atoms with E-state index in [1.807, 2.05) is 13.8 Å². The van der Waals surface area contributed by atoms with Crippen LogP contribution in [-0.4, -0.2) is 13.2 Å². The van der Waals surface area contributed by atoms with Crippen LogP contribution in [0.4, 0.5) is 4.39 Å². The van der Waals surface area contributed by atoms with Crippen LogP contribution in [0.2, 0.25) is 0 Å². The number of hydrogen-bond acceptors (Lipinski definition) is 2. The lowest BCUT2D eigenvalue weighted by Crippen LogP contribution is -2.28. The Labute approximate surface area is 89.4 Å². The molecule has 0 bridgehead atoms. The Bertz CT molecular complexity index is 365. The third kappa shape index (κ3) is 1.84. The highest BCUT2D eigenvalue weighted by molar-refractivity contribution is 5.44. The summed E-state index contributed by atoms with van der Waals surface area (Å²) < 4.78 is 19.2. The molecule has 1 aromatic rings. The van der Waals surface area contributed by atoms with Gasteiger partial charge in [0.1, 0.15) is 11.6 Å². The maximum Gasteiger partial charge on any atom is 0.131 e. The molecule has 0 saturated heterocycles. The molecule has 1 aliphatic heterocycles. The Balaban J connectivity index is 2.45. The first kappa shape index (κ1) is 10.4. The van der Waals surface area contributed by atoms with Crippen molar-refractivity contribution >= 4 is 0 Å². The van der Waals surface area contributed by atoms with Gasteiger partial charge in [-0.3, -0.25) is 0 Å². The highest BCUT2D eigenvalue weighted by atomic mass is 19.1. The van der Waals surface area contributed by atoms with Crippen LogP contribution in [0.15, 0.2) is 12.1 Å². The molecule has 1 aliphatic rings. The third-order valence-corrected chi connectivity index (χ3v) is 2.79. The molecule has 0 radical (unpaired) electrons. The van der Waals surface area contributed by atoms with Crippen LogP contribution in [0.5, 0.6) is 5.75 Å². The van der Waals surface area contributed by atoms with E-state index >= 15 is 0 Å². The summed E-state index contributed by atoms with van der Waals surface area (Å²) in [6, 6.07) is 3.38. The van der Waals surface area contributed by atoms with Crippen molar-refractivity contribution in [1.29, 1.82) is 0 Å². The second-order valence-electron chi connectivity index (χ2n) is 3.85. The van der Waals surface area contributed by atoms with Crippen molar-refractivity contribution in [2.75, 3.05) is 13.2 Å². The van der Waals surface area contributed by atoms with Gasteiger partial charge in [0.15, 0.2) is 0 Å². The highest BCUT2D eigenvalue weighted by Crippen LogP contribution is 2.36. The minimum Gasteiger partial charge on any atom is -0.493 e. The topological polar surface area (TPSA) is 21.3 Å². The van der Waals surface area contributed by atoms with Crippen LogP contribution in [0, 0.1) is 12.7 Å². The molecular weight excluding hydrogens is 193 g/mol. The van der Waals surface area contributed by atoms with Crippen LogP contribution in [-0.2, 0) is 0 Å². The summed E-state index contributed by atoms with van der Waals surface area (Å²) in [7, 11) is 0. The van der Waals surface area contributed by atoms with E-state index in [2.05, 4.69) is 5.32 Å². The van der Waals surface area contributed by atoms with Crippen LogP contribution in [0.3, 0.4) is 0 Å². The summed E-state index contributed by atoms with van der Waals surface area (Å²) in [6.07, 6.45) is 0.835. The smallest absolute Gasteiger partial charge is 0.131 e. The Morgan fingerprint density at radius 2 is 2.33 bits per heavy atom. The zero-order chi connectivity index (χ0) is 10.8. The number of nitrogens with one attached hydrogen (secondary N) is 1. The molecule has 2 rings (SSSR count). The number of fused-ring (bicyclic) bond motifs is 1. The van der Waals surface area contributed by atoms with E-state index in [4.69, 9.17) is 4.74 Å². The molecule has 1 unspecified atom stereocenters. The number of hydrogen-bond donors (Lipinski definition) is 1. The van der Waals surface area contributed by atoms with Crippen molar-refractivity contribution in [3.8, 4) is 5.75 Å². The lowest BCUT2D eigenvalue weighted by Gasteiger charge is -2.28. The van der Waals surface area contributed by atoms with Gasteiger partial charge in [-0.05, 0) is 25.1 Å². The first-order chi connectivity index (χ1) is 7.24. The summed E-state index contributed by atoms with van der Waals surface area (Å²) in [4.78, 5) is 0. The van der Waals surface area contributed by atoms with E-state index in [0.717, 1.165) is 24.3 Å². The van der Waals surface area contributed by atoms with Gasteiger partial charge in [0.05, 0.1) is 6.61 Å². The van der Waals surface area contributed by atoms with Crippen molar-refractivity contribution in [2.45, 2.75) is 26.3 Å². The minimum atomic E-state index is -0.166. The summed E-state index contributed by atoms with van der Waals surface area (Å²) in [5, 5.41) is 3.29. The fourth-order valence-electron chi connectivity index (χ4n) is 2.07. The largest absolute Gasteiger partial charge is 0.493 e. The lowest BCUT2D eigenvalue weighted by molar-refractivity contribution is 0.247. The number of halogens is 1. The maximum absolute atomic E-state index is 13.7. The van der Waals surface area contributed by atoms with Gasteiger partial charge in [0.25, 0.3) is 0 Å². The van der Waals surface area contributed by atoms with Crippen LogP contribution < -0.4 is 10.1 Å². The average molecular weight is 209 g/mol. The van der Waals surface area contributed by atoms with Crippen LogP contribution in [0.25, 0.3) is 0 Å². The van der Waals surface area contributed by atoms with Gasteiger partial charge >= 0.3 is 0 Å². The molecule has 2 nitrogen and oxygen atoms in total. The predicted molar refractivity (Wildman–Crippen MR) is 57.7 cm³/mol. The molecule has 82 valence electrons. The lowest BCUT2D eigenvalue weighted by atomic mass is 9.97. The van der Waals surface area contributed by atoms with Crippen molar-refractivity contribution < 1.29 is 9.13 Å². The zero-order valence-electron chi connectivity index (χ0n) is 9.14. The molecule has 3 heteroatoms. The molecule has 0 fully saturated rings. The number of rotatable bonds is 2. The fourth-order valence-corrected chi connectivity index (χ4v) is 2.07. The Morgan fingerprint density at radius 1 is 1.53 bits per heavy atom. The van der Waals surface area contributed by atoms with Gasteiger partial charge in [-0.1, -0.05) is 13.0 Å². The van der Waals surface area contributed by atoms with Crippen LogP contribution in [0.1, 0.15) is 30.5 Å². The molecule has 1 aromatic carbocycles. The maximum atomic E-state index is 13.7. The fraction of sp³-hybridized carbons (Fsp3) is 0.500. The molecular formula is C12H16FNO. The second kappa shape index (κ2) is 4.19. The molecule has 0 spiro atoms. The first-order valence-electron chi connectivity index (χ1n) is 5.39. The molecule has 1 atom stereocenters. The third-order valence-electron chi connectivity index (χ3n) is 2.79. The van der Waals surface area contributed by atoms with E-state index in [0.29, 0.717) is 12.2 Å². The summed E-state index contributed by atoms with van der Waals surface area (Å²) in [5.74, 6) is 0.563. The molecule has 1 heterocycles. The van der Waals surface area contributed by atoms with E-state index in [1.54, 1.807) is 6.07 Å². The van der Waals surface area contributed by atoms with Gasteiger partial charge in [-0.2, -0.15) is 0 Å². The van der Waals surface area contributed by atoms with Crippen LogP contribution >= 0.6 is 0 Å². The van der Waals surface area contributed by atoms with E-state index in [9.17, 15) is 4.39 Å². The Kier molecular flexibility index (Phi) is 2.91. The quantitative estimate of drug-likeness (QED) is 0.808. The van der Waals surface area contributed by atoms with Gasteiger partial charge in [-0.15, -0.1) is 0 Å². The monoisotopic (exact) mass is 209 g/mol. The standard InChI is InChI=1S/C12H16FNO/c1-3-14-10-6-7-15-12-8(2)4-5-9(13)11(10)12/h4-5,10,14H,3,6-7H2,1-2H3. The number of ether oxygens (including phenoxy) is 1. The van der Waals surface area contributed by atoms with Gasteiger partial charge < -0.3 is 10.1 Å². The average Bonchev–Trinajstić information content (AvgIpc) is 2.24. The highest BCUT2D eigenvalue weighted by Gasteiger charge is 2.25. The van der Waals surface area contributed by atoms with Crippen molar-refractivity contribution in [2.24, 2.45) is 0 Å². The Hall–Kier alpha value is -1.09. The van der Waals surface area contributed by atoms with Crippen molar-refractivity contribution in [3.05, 3.63) is 29.1 Å². The second-order valence-corrected chi connectivity index (χ2v) is 3.85. The van der Waals surface area contributed by atoms with Crippen molar-refractivity contribution in [1.82, 2.24) is 5.32 Å². The first-order valence-corrected chi connectivity index (χ1v) is 5.39. The van der Waals surface area contributed by atoms with Crippen molar-refractivity contribution in [3.63, 3.8) is 0 Å². The normalized spacial score (nSPS) is 19.5. The van der Waals surface area contributed by atoms with E-state index in [-0.39, 0.29) is 11.9 Å². The predicted octanol–water partition coefficient (Wildman–Crippen LogP) is 2.57. The van der Waals surface area contributed by atoms with E-state index < -0.39 is 0 Å². The minimum absolute atomic E-state index is 0.0960. The SMILES string of the molecule is CCNC1CCOc2c(C)ccc(F)c21. The molecule has 1 N–H and O–H groups in total. The molecule has 15 heavy (non-hydrogen) atoms. The summed E-state index contributed by atoms with van der Waals surface area (Å²) in [6.45, 7) is 5.49. The molecule has 0 aliphatic carbocycles.